The zero-order valence-electron chi connectivity index (χ0n) is 16.0. The summed E-state index contributed by atoms with van der Waals surface area (Å²) in [6, 6.07) is 7.52. The van der Waals surface area contributed by atoms with Crippen molar-refractivity contribution in [1.82, 2.24) is 15.0 Å². The van der Waals surface area contributed by atoms with Crippen molar-refractivity contribution < 1.29 is 22.0 Å². The van der Waals surface area contributed by atoms with E-state index in [1.807, 2.05) is 6.07 Å². The zero-order valence-corrected chi connectivity index (χ0v) is 16.8. The molecule has 1 saturated carbocycles. The minimum Gasteiger partial charge on any atom is -0.437 e. The number of fused-ring (bicyclic) bond motifs is 1. The molecule has 0 saturated heterocycles. The van der Waals surface area contributed by atoms with E-state index < -0.39 is 15.8 Å². The minimum absolute atomic E-state index is 0.0441. The number of carbonyl (C=O) groups excluding carboxylic acids is 1. The van der Waals surface area contributed by atoms with Gasteiger partial charge in [-0.25, -0.2) is 22.5 Å². The predicted octanol–water partition coefficient (Wildman–Crippen LogP) is 2.92. The fourth-order valence-electron chi connectivity index (χ4n) is 3.32. The molecule has 9 heteroatoms. The van der Waals surface area contributed by atoms with Gasteiger partial charge in [0, 0.05) is 12.6 Å². The highest BCUT2D eigenvalue weighted by molar-refractivity contribution is 7.88. The summed E-state index contributed by atoms with van der Waals surface area (Å²) in [6.45, 7) is 0.0441. The molecule has 1 amide bonds. The topological polar surface area (TPSA) is 101 Å². The number of amides is 1. The number of sulfonamides is 1. The van der Waals surface area contributed by atoms with Crippen molar-refractivity contribution in [3.8, 4) is 11.3 Å². The molecule has 1 fully saturated rings. The number of aromatic nitrogens is 1. The second kappa shape index (κ2) is 7.23. The van der Waals surface area contributed by atoms with E-state index in [-0.39, 0.29) is 24.1 Å². The number of nitrogens with zero attached hydrogens (tertiary/aromatic N) is 1. The predicted molar refractivity (Wildman–Crippen MR) is 106 cm³/mol. The molecule has 0 spiro atoms. The lowest BCUT2D eigenvalue weighted by atomic mass is 10.0. The van der Waals surface area contributed by atoms with Gasteiger partial charge in [0.25, 0.3) is 5.91 Å². The minimum atomic E-state index is -3.39. The van der Waals surface area contributed by atoms with Crippen LogP contribution in [-0.2, 0) is 16.6 Å². The summed E-state index contributed by atoms with van der Waals surface area (Å²) in [4.78, 5) is 17.2. The number of hydrogen-bond donors (Lipinski definition) is 2. The first-order chi connectivity index (χ1) is 13.8. The molecule has 1 aliphatic rings. The van der Waals surface area contributed by atoms with Crippen LogP contribution in [0.3, 0.4) is 0 Å². The number of rotatable bonds is 6. The van der Waals surface area contributed by atoms with E-state index in [2.05, 4.69) is 15.0 Å². The molecule has 4 rings (SSSR count). The number of hydrogen-bond acceptors (Lipinski definition) is 5. The normalized spacial score (nSPS) is 14.3. The maximum Gasteiger partial charge on any atom is 0.255 e. The zero-order chi connectivity index (χ0) is 20.8. The third kappa shape index (κ3) is 4.01. The highest BCUT2D eigenvalue weighted by Gasteiger charge is 2.30. The van der Waals surface area contributed by atoms with Crippen molar-refractivity contribution in [2.45, 2.75) is 25.3 Å². The van der Waals surface area contributed by atoms with Crippen LogP contribution in [0.5, 0.6) is 0 Å². The Kier molecular flexibility index (Phi) is 4.87. The smallest absolute Gasteiger partial charge is 0.255 e. The van der Waals surface area contributed by atoms with Crippen LogP contribution >= 0.6 is 0 Å². The van der Waals surface area contributed by atoms with Crippen molar-refractivity contribution in [3.05, 3.63) is 53.0 Å². The fraction of sp³-hybridized carbons (Fsp3) is 0.300. The first-order valence-corrected chi connectivity index (χ1v) is 11.0. The van der Waals surface area contributed by atoms with E-state index in [9.17, 15) is 17.6 Å². The van der Waals surface area contributed by atoms with Gasteiger partial charge in [-0.15, -0.1) is 0 Å². The molecular formula is C20H20FN3O4S. The number of pyridine rings is 1. The van der Waals surface area contributed by atoms with Gasteiger partial charge in [-0.1, -0.05) is 0 Å². The van der Waals surface area contributed by atoms with Gasteiger partial charge in [0.15, 0.2) is 0 Å². The average molecular weight is 417 g/mol. The summed E-state index contributed by atoms with van der Waals surface area (Å²) in [7, 11) is -1.86. The van der Waals surface area contributed by atoms with E-state index in [1.165, 1.54) is 31.3 Å². The van der Waals surface area contributed by atoms with Gasteiger partial charge >= 0.3 is 0 Å². The van der Waals surface area contributed by atoms with Crippen molar-refractivity contribution in [3.63, 3.8) is 0 Å². The molecule has 152 valence electrons. The molecule has 2 heterocycles. The summed E-state index contributed by atoms with van der Waals surface area (Å²) >= 11 is 0. The molecule has 0 bridgehead atoms. The van der Waals surface area contributed by atoms with Crippen LogP contribution in [0.25, 0.3) is 22.4 Å². The van der Waals surface area contributed by atoms with E-state index in [0.29, 0.717) is 28.0 Å². The first-order valence-electron chi connectivity index (χ1n) is 9.16. The Labute approximate surface area is 167 Å². The molecule has 0 unspecified atom stereocenters. The van der Waals surface area contributed by atoms with E-state index in [4.69, 9.17) is 4.42 Å². The van der Waals surface area contributed by atoms with E-state index in [1.54, 1.807) is 0 Å². The standard InChI is InChI=1S/C20H20FN3O4S/c1-22-19(25)17-15-9-14(11-3-4-11)16(10-23-29(2,26)27)24-20(15)28-18(17)12-5-7-13(21)8-6-12/h5-9,11,23H,3-4,10H2,1-2H3,(H,22,25). The number of benzene rings is 1. The third-order valence-electron chi connectivity index (χ3n) is 4.87. The van der Waals surface area contributed by atoms with Gasteiger partial charge < -0.3 is 9.73 Å². The molecule has 1 aromatic carbocycles. The lowest BCUT2D eigenvalue weighted by Crippen LogP contribution is -2.22. The molecule has 29 heavy (non-hydrogen) atoms. The largest absolute Gasteiger partial charge is 0.437 e. The molecule has 3 aromatic rings. The van der Waals surface area contributed by atoms with Gasteiger partial charge in [-0.3, -0.25) is 4.79 Å². The second-order valence-corrected chi connectivity index (χ2v) is 8.97. The van der Waals surface area contributed by atoms with Crippen LogP contribution in [0, 0.1) is 5.82 Å². The van der Waals surface area contributed by atoms with Gasteiger partial charge in [-0.2, -0.15) is 0 Å². The maximum atomic E-state index is 13.3. The number of furan rings is 1. The van der Waals surface area contributed by atoms with Crippen molar-refractivity contribution in [1.29, 1.82) is 0 Å². The summed E-state index contributed by atoms with van der Waals surface area (Å²) in [6.07, 6.45) is 3.06. The summed E-state index contributed by atoms with van der Waals surface area (Å²) in [5, 5.41) is 3.16. The summed E-state index contributed by atoms with van der Waals surface area (Å²) in [5.41, 5.74) is 2.59. The van der Waals surface area contributed by atoms with Crippen LogP contribution in [0.1, 0.15) is 40.4 Å². The SMILES string of the molecule is CNC(=O)c1c(-c2ccc(F)cc2)oc2nc(CNS(C)(=O)=O)c(C3CC3)cc12. The summed E-state index contributed by atoms with van der Waals surface area (Å²) in [5.74, 6) is -0.157. The van der Waals surface area contributed by atoms with Crippen LogP contribution in [0.4, 0.5) is 4.39 Å². The van der Waals surface area contributed by atoms with Gasteiger partial charge in [-0.05, 0) is 54.7 Å². The quantitative estimate of drug-likeness (QED) is 0.642. The van der Waals surface area contributed by atoms with Crippen LogP contribution in [-0.4, -0.2) is 32.6 Å². The fourth-order valence-corrected chi connectivity index (χ4v) is 3.72. The first kappa shape index (κ1) is 19.5. The molecular weight excluding hydrogens is 397 g/mol. The highest BCUT2D eigenvalue weighted by Crippen LogP contribution is 2.44. The van der Waals surface area contributed by atoms with Crippen molar-refractivity contribution in [2.75, 3.05) is 13.3 Å². The Morgan fingerprint density at radius 2 is 1.97 bits per heavy atom. The number of nitrogens with one attached hydrogen (secondary N) is 2. The second-order valence-electron chi connectivity index (χ2n) is 7.14. The van der Waals surface area contributed by atoms with Crippen LogP contribution in [0.2, 0.25) is 0 Å². The lowest BCUT2D eigenvalue weighted by molar-refractivity contribution is 0.0964. The maximum absolute atomic E-state index is 13.3. The Hall–Kier alpha value is -2.78. The molecule has 0 radical (unpaired) electrons. The molecule has 2 aromatic heterocycles. The lowest BCUT2D eigenvalue weighted by Gasteiger charge is -2.09. The van der Waals surface area contributed by atoms with Crippen LogP contribution < -0.4 is 10.0 Å². The molecule has 1 aliphatic carbocycles. The Morgan fingerprint density at radius 3 is 2.55 bits per heavy atom. The van der Waals surface area contributed by atoms with E-state index >= 15 is 0 Å². The Bertz CT molecular complexity index is 1200. The number of halogens is 1. The number of carbonyl (C=O) groups is 1. The van der Waals surface area contributed by atoms with Crippen molar-refractivity contribution in [2.24, 2.45) is 0 Å². The molecule has 7 nitrogen and oxygen atoms in total. The third-order valence-corrected chi connectivity index (χ3v) is 5.54. The van der Waals surface area contributed by atoms with Gasteiger partial charge in [0.2, 0.25) is 15.7 Å². The summed E-state index contributed by atoms with van der Waals surface area (Å²) < 4.78 is 44.7. The highest BCUT2D eigenvalue weighted by atomic mass is 32.2. The van der Waals surface area contributed by atoms with Crippen molar-refractivity contribution >= 4 is 27.0 Å². The monoisotopic (exact) mass is 417 g/mol. The van der Waals surface area contributed by atoms with E-state index in [0.717, 1.165) is 24.7 Å². The van der Waals surface area contributed by atoms with Crippen LogP contribution in [0.15, 0.2) is 34.7 Å². The van der Waals surface area contributed by atoms with Gasteiger partial charge in [0.05, 0.1) is 29.4 Å². The average Bonchev–Trinajstić information content (AvgIpc) is 3.45. The Balaban J connectivity index is 1.90. The molecule has 2 N–H and O–H groups in total. The Morgan fingerprint density at radius 1 is 1.28 bits per heavy atom. The molecule has 0 aliphatic heterocycles. The van der Waals surface area contributed by atoms with Gasteiger partial charge in [0.1, 0.15) is 11.6 Å². The molecule has 0 atom stereocenters.